The molecule has 170 valence electrons. The van der Waals surface area contributed by atoms with Crippen LogP contribution >= 0.6 is 0 Å². The molecule has 0 fully saturated rings. The van der Waals surface area contributed by atoms with Crippen LogP contribution in [0.3, 0.4) is 0 Å². The molecule has 0 atom stereocenters. The van der Waals surface area contributed by atoms with Crippen molar-refractivity contribution < 1.29 is 14.5 Å². The van der Waals surface area contributed by atoms with Gasteiger partial charge in [0.15, 0.2) is 0 Å². The Morgan fingerprint density at radius 1 is 1.00 bits per heavy atom. The van der Waals surface area contributed by atoms with Crippen molar-refractivity contribution in [1.29, 1.82) is 0 Å². The molecule has 7 heteroatoms. The van der Waals surface area contributed by atoms with Crippen LogP contribution in [0.4, 0.5) is 11.4 Å². The molecule has 0 spiro atoms. The van der Waals surface area contributed by atoms with Gasteiger partial charge in [-0.1, -0.05) is 48.5 Å². The Morgan fingerprint density at radius 2 is 1.76 bits per heavy atom. The summed E-state index contributed by atoms with van der Waals surface area (Å²) in [5, 5.41) is 17.4. The third-order valence-electron chi connectivity index (χ3n) is 5.17. The second-order valence-electron chi connectivity index (χ2n) is 7.38. The average Bonchev–Trinajstić information content (AvgIpc) is 2.85. The highest BCUT2D eigenvalue weighted by Crippen LogP contribution is 2.33. The Bertz CT molecular complexity index is 1100. The molecule has 2 N–H and O–H groups in total. The van der Waals surface area contributed by atoms with Crippen molar-refractivity contribution in [2.24, 2.45) is 0 Å². The van der Waals surface area contributed by atoms with Gasteiger partial charge in [-0.2, -0.15) is 0 Å². The molecule has 0 unspecified atom stereocenters. The molecule has 0 saturated heterocycles. The van der Waals surface area contributed by atoms with Crippen molar-refractivity contribution >= 4 is 23.7 Å². The second-order valence-corrected chi connectivity index (χ2v) is 7.38. The van der Waals surface area contributed by atoms with Crippen LogP contribution in [0.5, 0.6) is 5.75 Å². The van der Waals surface area contributed by atoms with Gasteiger partial charge in [-0.3, -0.25) is 14.9 Å². The van der Waals surface area contributed by atoms with E-state index in [1.165, 1.54) is 18.2 Å². The molecule has 0 bridgehead atoms. The maximum absolute atomic E-state index is 11.0. The van der Waals surface area contributed by atoms with Crippen LogP contribution in [0.1, 0.15) is 22.3 Å². The molecular formula is C26H27N3O4. The van der Waals surface area contributed by atoms with E-state index in [-0.39, 0.29) is 5.69 Å². The minimum Gasteiger partial charge on any atom is -0.487 e. The van der Waals surface area contributed by atoms with E-state index in [9.17, 15) is 14.9 Å². The van der Waals surface area contributed by atoms with E-state index >= 15 is 0 Å². The first-order valence-corrected chi connectivity index (χ1v) is 10.7. The fourth-order valence-electron chi connectivity index (χ4n) is 3.49. The predicted molar refractivity (Wildman–Crippen MR) is 130 cm³/mol. The van der Waals surface area contributed by atoms with E-state index in [0.29, 0.717) is 19.7 Å². The highest BCUT2D eigenvalue weighted by molar-refractivity contribution is 5.81. The van der Waals surface area contributed by atoms with Crippen LogP contribution in [-0.2, 0) is 24.4 Å². The smallest absolute Gasteiger partial charge is 0.269 e. The van der Waals surface area contributed by atoms with Crippen molar-refractivity contribution in [3.8, 4) is 5.75 Å². The lowest BCUT2D eigenvalue weighted by atomic mass is 10.0. The molecular weight excluding hydrogens is 418 g/mol. The summed E-state index contributed by atoms with van der Waals surface area (Å²) in [7, 11) is 1.83. The first kappa shape index (κ1) is 23.7. The number of nitro groups is 1. The highest BCUT2D eigenvalue weighted by Gasteiger charge is 2.12. The van der Waals surface area contributed by atoms with E-state index < -0.39 is 4.92 Å². The standard InChI is InChI=1S/C26H27N3O4/c1-27-26-24(8-5-17-30)22(11-14-25(26)33-19-21-6-3-2-4-7-21)15-16-28-18-20-9-12-23(13-10-20)29(31)32/h2-14,17,27-28H,15-16,18-19H2,1H3/b8-5-. The van der Waals surface area contributed by atoms with Gasteiger partial charge in [-0.15, -0.1) is 0 Å². The third-order valence-corrected chi connectivity index (χ3v) is 5.17. The monoisotopic (exact) mass is 445 g/mol. The number of anilines is 1. The molecule has 33 heavy (non-hydrogen) atoms. The lowest BCUT2D eigenvalue weighted by molar-refractivity contribution is -0.384. The number of nitrogens with zero attached hydrogens (tertiary/aromatic N) is 1. The van der Waals surface area contributed by atoms with E-state index in [0.717, 1.165) is 46.4 Å². The summed E-state index contributed by atoms with van der Waals surface area (Å²) in [6.07, 6.45) is 4.76. The second kappa shape index (κ2) is 12.2. The first-order chi connectivity index (χ1) is 16.1. The highest BCUT2D eigenvalue weighted by atomic mass is 16.6. The largest absolute Gasteiger partial charge is 0.487 e. The molecule has 3 aromatic rings. The summed E-state index contributed by atoms with van der Waals surface area (Å²) >= 11 is 0. The maximum Gasteiger partial charge on any atom is 0.269 e. The first-order valence-electron chi connectivity index (χ1n) is 10.7. The molecule has 0 aliphatic rings. The van der Waals surface area contributed by atoms with Crippen molar-refractivity contribution in [2.45, 2.75) is 19.6 Å². The normalized spacial score (nSPS) is 10.8. The molecule has 7 nitrogen and oxygen atoms in total. The van der Waals surface area contributed by atoms with Gasteiger partial charge in [0.2, 0.25) is 0 Å². The molecule has 0 aromatic heterocycles. The zero-order valence-corrected chi connectivity index (χ0v) is 18.5. The summed E-state index contributed by atoms with van der Waals surface area (Å²) in [6.45, 7) is 1.75. The van der Waals surface area contributed by atoms with E-state index in [1.54, 1.807) is 18.2 Å². The molecule has 0 saturated carbocycles. The Labute approximate surface area is 193 Å². The van der Waals surface area contributed by atoms with Crippen LogP contribution in [0.25, 0.3) is 6.08 Å². The average molecular weight is 446 g/mol. The Kier molecular flexibility index (Phi) is 8.73. The lowest BCUT2D eigenvalue weighted by Crippen LogP contribution is -2.17. The molecule has 0 heterocycles. The number of carbonyl (C=O) groups excluding carboxylic acids is 1. The number of nitro benzene ring substituents is 1. The van der Waals surface area contributed by atoms with Gasteiger partial charge < -0.3 is 15.4 Å². The molecule has 3 rings (SSSR count). The van der Waals surface area contributed by atoms with Gasteiger partial charge in [0.1, 0.15) is 18.6 Å². The molecule has 0 radical (unpaired) electrons. The molecule has 0 amide bonds. The van der Waals surface area contributed by atoms with Crippen molar-refractivity contribution in [3.05, 3.63) is 105 Å². The van der Waals surface area contributed by atoms with Gasteiger partial charge in [-0.05, 0) is 47.9 Å². The Morgan fingerprint density at radius 3 is 2.42 bits per heavy atom. The van der Waals surface area contributed by atoms with E-state index in [4.69, 9.17) is 4.74 Å². The number of ether oxygens (including phenoxy) is 1. The number of non-ortho nitro benzene ring substituents is 1. The minimum absolute atomic E-state index is 0.0829. The fourth-order valence-corrected chi connectivity index (χ4v) is 3.49. The number of rotatable bonds is 12. The van der Waals surface area contributed by atoms with Crippen molar-refractivity contribution in [3.63, 3.8) is 0 Å². The van der Waals surface area contributed by atoms with Gasteiger partial charge in [-0.25, -0.2) is 0 Å². The Balaban J connectivity index is 1.67. The SMILES string of the molecule is CNc1c(OCc2ccccc2)ccc(CCNCc2ccc([N+](=O)[O-])cc2)c1/C=C\C=O. The third kappa shape index (κ3) is 6.75. The van der Waals surface area contributed by atoms with Crippen molar-refractivity contribution in [1.82, 2.24) is 5.32 Å². The maximum atomic E-state index is 11.0. The summed E-state index contributed by atoms with van der Waals surface area (Å²) in [5.74, 6) is 0.717. The number of allylic oxidation sites excluding steroid dienone is 1. The zero-order valence-electron chi connectivity index (χ0n) is 18.5. The number of carbonyl (C=O) groups is 1. The molecule has 0 aliphatic carbocycles. The van der Waals surface area contributed by atoms with Gasteiger partial charge in [0.05, 0.1) is 10.6 Å². The number of hydrogen-bond donors (Lipinski definition) is 2. The number of nitrogens with one attached hydrogen (secondary N) is 2. The van der Waals surface area contributed by atoms with Crippen molar-refractivity contribution in [2.75, 3.05) is 18.9 Å². The van der Waals surface area contributed by atoms with Crippen LogP contribution in [0, 0.1) is 10.1 Å². The quantitative estimate of drug-likeness (QED) is 0.137. The summed E-state index contributed by atoms with van der Waals surface area (Å²) in [4.78, 5) is 21.3. The summed E-state index contributed by atoms with van der Waals surface area (Å²) in [6, 6.07) is 20.4. The molecule has 0 aliphatic heterocycles. The topological polar surface area (TPSA) is 93.5 Å². The predicted octanol–water partition coefficient (Wildman–Crippen LogP) is 4.76. The Hall–Kier alpha value is -3.97. The minimum atomic E-state index is -0.405. The van der Waals surface area contributed by atoms with Gasteiger partial charge >= 0.3 is 0 Å². The number of benzene rings is 3. The fraction of sp³-hybridized carbons (Fsp3) is 0.192. The summed E-state index contributed by atoms with van der Waals surface area (Å²) < 4.78 is 6.05. The molecule has 3 aromatic carbocycles. The zero-order chi connectivity index (χ0) is 23.5. The van der Waals surface area contributed by atoms with Gasteiger partial charge in [0, 0.05) is 31.3 Å². The van der Waals surface area contributed by atoms with Crippen LogP contribution in [0.15, 0.2) is 72.8 Å². The lowest BCUT2D eigenvalue weighted by Gasteiger charge is -2.17. The van der Waals surface area contributed by atoms with E-state index in [1.807, 2.05) is 49.5 Å². The summed E-state index contributed by atoms with van der Waals surface area (Å²) in [5.41, 5.74) is 4.94. The van der Waals surface area contributed by atoms with Crippen LogP contribution in [0.2, 0.25) is 0 Å². The number of hydrogen-bond acceptors (Lipinski definition) is 6. The van der Waals surface area contributed by atoms with Crippen LogP contribution < -0.4 is 15.4 Å². The number of aldehydes is 1. The van der Waals surface area contributed by atoms with E-state index in [2.05, 4.69) is 10.6 Å². The van der Waals surface area contributed by atoms with Gasteiger partial charge in [0.25, 0.3) is 5.69 Å². The van der Waals surface area contributed by atoms with Crippen LogP contribution in [-0.4, -0.2) is 24.8 Å².